The largest absolute Gasteiger partial charge is 0.490 e. The highest BCUT2D eigenvalue weighted by atomic mass is 79.9. The Hall–Kier alpha value is -2.68. The normalized spacial score (nSPS) is 11.3. The molecule has 0 aliphatic rings. The van der Waals surface area contributed by atoms with Gasteiger partial charge in [-0.2, -0.15) is 9.78 Å². The minimum absolute atomic E-state index is 0.228. The van der Waals surface area contributed by atoms with E-state index in [9.17, 15) is 4.79 Å². The maximum Gasteiger partial charge on any atom is 0.282 e. The third-order valence-electron chi connectivity index (χ3n) is 5.17. The van der Waals surface area contributed by atoms with Gasteiger partial charge < -0.3 is 9.47 Å². The predicted octanol–water partition coefficient (Wildman–Crippen LogP) is 7.00. The standard InChI is InChI=1S/C26H22Br2ClN3O3/c1-3-25-31-22-10-7-18(27)12-20(22)26(33)32(25)30-14-17-11-23(34-4-2)24(13-21(17)28)35-15-16-5-8-19(29)9-6-16/h5-14H,3-4,15H2,1-2H3. The topological polar surface area (TPSA) is 65.7 Å². The van der Waals surface area contributed by atoms with Crippen LogP contribution in [0.25, 0.3) is 10.9 Å². The van der Waals surface area contributed by atoms with Crippen LogP contribution < -0.4 is 15.0 Å². The van der Waals surface area contributed by atoms with E-state index in [2.05, 4.69) is 41.9 Å². The molecule has 3 aromatic carbocycles. The van der Waals surface area contributed by atoms with Crippen molar-refractivity contribution in [1.82, 2.24) is 9.66 Å². The average molecular weight is 620 g/mol. The first-order chi connectivity index (χ1) is 16.9. The summed E-state index contributed by atoms with van der Waals surface area (Å²) in [4.78, 5) is 17.8. The second-order valence-corrected chi connectivity index (χ2v) is 9.78. The van der Waals surface area contributed by atoms with Crippen molar-refractivity contribution in [3.63, 3.8) is 0 Å². The number of aryl methyl sites for hydroxylation is 1. The summed E-state index contributed by atoms with van der Waals surface area (Å²) in [7, 11) is 0. The lowest BCUT2D eigenvalue weighted by atomic mass is 10.2. The van der Waals surface area contributed by atoms with Gasteiger partial charge in [0.25, 0.3) is 5.56 Å². The zero-order valence-corrected chi connectivity index (χ0v) is 23.0. The van der Waals surface area contributed by atoms with Gasteiger partial charge in [-0.1, -0.05) is 46.6 Å². The van der Waals surface area contributed by atoms with Crippen LogP contribution in [-0.2, 0) is 13.0 Å². The van der Waals surface area contributed by atoms with Crippen LogP contribution in [0.3, 0.4) is 0 Å². The molecule has 0 saturated carbocycles. The van der Waals surface area contributed by atoms with Gasteiger partial charge in [0.1, 0.15) is 12.4 Å². The molecule has 4 rings (SSSR count). The summed E-state index contributed by atoms with van der Waals surface area (Å²) < 4.78 is 14.7. The van der Waals surface area contributed by atoms with Crippen molar-refractivity contribution < 1.29 is 9.47 Å². The van der Waals surface area contributed by atoms with Gasteiger partial charge in [-0.05, 0) is 70.9 Å². The molecule has 0 spiro atoms. The molecule has 4 aromatic rings. The molecule has 9 heteroatoms. The number of aromatic nitrogens is 2. The summed E-state index contributed by atoms with van der Waals surface area (Å²) in [6.45, 7) is 4.68. The van der Waals surface area contributed by atoms with Crippen LogP contribution >= 0.6 is 43.5 Å². The molecular formula is C26H22Br2ClN3O3. The van der Waals surface area contributed by atoms with Crippen LogP contribution in [0.15, 0.2) is 73.4 Å². The predicted molar refractivity (Wildman–Crippen MR) is 147 cm³/mol. The quantitative estimate of drug-likeness (QED) is 0.199. The molecule has 0 amide bonds. The van der Waals surface area contributed by atoms with Crippen LogP contribution in [0.2, 0.25) is 5.02 Å². The van der Waals surface area contributed by atoms with E-state index in [0.717, 1.165) is 20.1 Å². The molecule has 1 aromatic heterocycles. The van der Waals surface area contributed by atoms with Crippen molar-refractivity contribution in [2.75, 3.05) is 6.61 Å². The minimum Gasteiger partial charge on any atom is -0.490 e. The molecule has 1 heterocycles. The molecule has 0 saturated heterocycles. The fourth-order valence-electron chi connectivity index (χ4n) is 3.44. The van der Waals surface area contributed by atoms with Crippen LogP contribution in [-0.4, -0.2) is 22.5 Å². The summed E-state index contributed by atoms with van der Waals surface area (Å²) in [6, 6.07) is 16.6. The van der Waals surface area contributed by atoms with Gasteiger partial charge in [-0.3, -0.25) is 4.79 Å². The van der Waals surface area contributed by atoms with E-state index >= 15 is 0 Å². The number of nitrogens with zero attached hydrogens (tertiary/aromatic N) is 3. The van der Waals surface area contributed by atoms with Crippen molar-refractivity contribution >= 4 is 60.6 Å². The zero-order valence-electron chi connectivity index (χ0n) is 19.1. The Morgan fingerprint density at radius 3 is 2.49 bits per heavy atom. The fourth-order valence-corrected chi connectivity index (χ4v) is 4.35. The summed E-state index contributed by atoms with van der Waals surface area (Å²) >= 11 is 13.0. The fraction of sp³-hybridized carbons (Fsp3) is 0.192. The molecule has 0 aliphatic carbocycles. The summed E-state index contributed by atoms with van der Waals surface area (Å²) in [5.41, 5.74) is 2.13. The molecule has 0 atom stereocenters. The Balaban J connectivity index is 1.67. The van der Waals surface area contributed by atoms with Gasteiger partial charge in [0.15, 0.2) is 11.5 Å². The molecule has 0 bridgehead atoms. The minimum atomic E-state index is -0.228. The van der Waals surface area contributed by atoms with Gasteiger partial charge in [0.05, 0.1) is 23.7 Å². The summed E-state index contributed by atoms with van der Waals surface area (Å²) in [5.74, 6) is 1.74. The van der Waals surface area contributed by atoms with Crippen LogP contribution in [0.4, 0.5) is 0 Å². The van der Waals surface area contributed by atoms with Gasteiger partial charge in [0.2, 0.25) is 0 Å². The molecule has 0 N–H and O–H groups in total. The summed E-state index contributed by atoms with van der Waals surface area (Å²) in [6.07, 6.45) is 2.17. The third-order valence-corrected chi connectivity index (χ3v) is 6.61. The second kappa shape index (κ2) is 11.4. The smallest absolute Gasteiger partial charge is 0.282 e. The van der Waals surface area contributed by atoms with E-state index in [0.29, 0.717) is 52.9 Å². The van der Waals surface area contributed by atoms with E-state index in [1.165, 1.54) is 4.68 Å². The molecule has 180 valence electrons. The number of rotatable bonds is 8. The average Bonchev–Trinajstić information content (AvgIpc) is 2.85. The molecule has 0 aliphatic heterocycles. The Morgan fingerprint density at radius 2 is 1.77 bits per heavy atom. The maximum atomic E-state index is 13.2. The molecule has 35 heavy (non-hydrogen) atoms. The van der Waals surface area contributed by atoms with Crippen molar-refractivity contribution in [1.29, 1.82) is 0 Å². The zero-order chi connectivity index (χ0) is 24.9. The first-order valence-electron chi connectivity index (χ1n) is 11.0. The highest BCUT2D eigenvalue weighted by molar-refractivity contribution is 9.10. The van der Waals surface area contributed by atoms with E-state index in [1.807, 2.05) is 62.4 Å². The monoisotopic (exact) mass is 617 g/mol. The summed E-state index contributed by atoms with van der Waals surface area (Å²) in [5, 5.41) is 5.65. The van der Waals surface area contributed by atoms with Crippen LogP contribution in [0, 0.1) is 0 Å². The number of halogens is 3. The van der Waals surface area contributed by atoms with Crippen LogP contribution in [0.1, 0.15) is 30.8 Å². The highest BCUT2D eigenvalue weighted by Crippen LogP contribution is 2.34. The number of ether oxygens (including phenoxy) is 2. The maximum absolute atomic E-state index is 13.2. The van der Waals surface area contributed by atoms with Crippen molar-refractivity contribution in [3.8, 4) is 11.5 Å². The number of fused-ring (bicyclic) bond motifs is 1. The van der Waals surface area contributed by atoms with Crippen molar-refractivity contribution in [2.45, 2.75) is 26.9 Å². The first-order valence-corrected chi connectivity index (χ1v) is 12.9. The molecule has 6 nitrogen and oxygen atoms in total. The number of hydrogen-bond donors (Lipinski definition) is 0. The van der Waals surface area contributed by atoms with Crippen molar-refractivity contribution in [2.24, 2.45) is 5.10 Å². The first kappa shape index (κ1) is 25.4. The SMILES string of the molecule is CCOc1cc(C=Nn2c(CC)nc3ccc(Br)cc3c2=O)c(Br)cc1OCc1ccc(Cl)cc1. The van der Waals surface area contributed by atoms with Gasteiger partial charge in [-0.15, -0.1) is 0 Å². The third kappa shape index (κ3) is 5.94. The van der Waals surface area contributed by atoms with Gasteiger partial charge in [0, 0.05) is 26.0 Å². The van der Waals surface area contributed by atoms with Crippen molar-refractivity contribution in [3.05, 3.63) is 95.9 Å². The second-order valence-electron chi connectivity index (χ2n) is 7.57. The Kier molecular flexibility index (Phi) is 8.26. The Labute approximate surface area is 224 Å². The molecule has 0 fully saturated rings. The Morgan fingerprint density at radius 1 is 1.03 bits per heavy atom. The van der Waals surface area contributed by atoms with E-state index in [-0.39, 0.29) is 5.56 Å². The number of hydrogen-bond acceptors (Lipinski definition) is 5. The molecular weight excluding hydrogens is 598 g/mol. The molecule has 0 radical (unpaired) electrons. The Bertz CT molecular complexity index is 1450. The number of benzene rings is 3. The van der Waals surface area contributed by atoms with E-state index in [4.69, 9.17) is 21.1 Å². The van der Waals surface area contributed by atoms with Gasteiger partial charge >= 0.3 is 0 Å². The molecule has 0 unspecified atom stereocenters. The van der Waals surface area contributed by atoms with E-state index < -0.39 is 0 Å². The lowest BCUT2D eigenvalue weighted by Gasteiger charge is -2.14. The van der Waals surface area contributed by atoms with Crippen LogP contribution in [0.5, 0.6) is 11.5 Å². The lowest BCUT2D eigenvalue weighted by molar-refractivity contribution is 0.269. The lowest BCUT2D eigenvalue weighted by Crippen LogP contribution is -2.22. The van der Waals surface area contributed by atoms with E-state index in [1.54, 1.807) is 12.3 Å². The highest BCUT2D eigenvalue weighted by Gasteiger charge is 2.13. The van der Waals surface area contributed by atoms with Gasteiger partial charge in [-0.25, -0.2) is 4.98 Å².